The Morgan fingerprint density at radius 3 is 2.39 bits per heavy atom. The van der Waals surface area contributed by atoms with Crippen LogP contribution in [0.2, 0.25) is 0 Å². The summed E-state index contributed by atoms with van der Waals surface area (Å²) in [6.45, 7) is 6.82. The highest BCUT2D eigenvalue weighted by Gasteiger charge is 2.42. The van der Waals surface area contributed by atoms with Crippen LogP contribution in [0.1, 0.15) is 53.6 Å². The number of fused-ring (bicyclic) bond motifs is 1. The maximum Gasteiger partial charge on any atom is 0.433 e. The number of aryl methyl sites for hydroxylation is 1. The van der Waals surface area contributed by atoms with Gasteiger partial charge in [0.1, 0.15) is 5.60 Å². The maximum atomic E-state index is 14.2. The van der Waals surface area contributed by atoms with Crippen LogP contribution < -0.4 is 5.32 Å². The number of halogens is 3. The number of anilines is 1. The zero-order chi connectivity index (χ0) is 26.3. The van der Waals surface area contributed by atoms with Gasteiger partial charge in [0.15, 0.2) is 5.69 Å². The molecule has 0 spiro atoms. The van der Waals surface area contributed by atoms with Crippen LogP contribution in [0.5, 0.6) is 0 Å². The monoisotopic (exact) mass is 501 g/mol. The molecule has 1 aliphatic heterocycles. The van der Waals surface area contributed by atoms with Crippen LogP contribution in [0.15, 0.2) is 42.7 Å². The van der Waals surface area contributed by atoms with Crippen molar-refractivity contribution in [1.29, 1.82) is 0 Å². The highest BCUT2D eigenvalue weighted by molar-refractivity contribution is 6.05. The van der Waals surface area contributed by atoms with Crippen molar-refractivity contribution < 1.29 is 27.5 Å². The van der Waals surface area contributed by atoms with Gasteiger partial charge >= 0.3 is 12.3 Å². The van der Waals surface area contributed by atoms with Crippen LogP contribution >= 0.6 is 0 Å². The molecule has 1 aliphatic rings. The van der Waals surface area contributed by atoms with E-state index < -0.39 is 23.6 Å². The summed E-state index contributed by atoms with van der Waals surface area (Å²) >= 11 is 0. The van der Waals surface area contributed by atoms with Gasteiger partial charge in [0.2, 0.25) is 0 Å². The van der Waals surface area contributed by atoms with Crippen LogP contribution in [-0.4, -0.2) is 43.8 Å². The predicted molar refractivity (Wildman–Crippen MR) is 126 cm³/mol. The molecule has 4 rings (SSSR count). The Morgan fingerprint density at radius 1 is 1.08 bits per heavy atom. The second-order valence-corrected chi connectivity index (χ2v) is 9.53. The Hall–Kier alpha value is -3.89. The molecule has 2 amide bonds. The minimum atomic E-state index is -4.71. The molecule has 36 heavy (non-hydrogen) atoms. The van der Waals surface area contributed by atoms with Crippen molar-refractivity contribution in [3.05, 3.63) is 70.8 Å². The zero-order valence-electron chi connectivity index (χ0n) is 20.3. The Balaban J connectivity index is 1.60. The van der Waals surface area contributed by atoms with Crippen LogP contribution in [0.4, 0.5) is 23.7 Å². The Bertz CT molecular complexity index is 1290. The molecule has 0 unspecified atom stereocenters. The van der Waals surface area contributed by atoms with Crippen molar-refractivity contribution in [2.45, 2.75) is 52.4 Å². The fraction of sp³-hybridized carbons (Fsp3) is 0.360. The van der Waals surface area contributed by atoms with Gasteiger partial charge in [0.05, 0.1) is 23.5 Å². The third-order valence-corrected chi connectivity index (χ3v) is 5.61. The highest BCUT2D eigenvalue weighted by atomic mass is 19.4. The lowest BCUT2D eigenvalue weighted by Gasteiger charge is -2.30. The van der Waals surface area contributed by atoms with E-state index in [1.165, 1.54) is 35.4 Å². The molecule has 0 fully saturated rings. The summed E-state index contributed by atoms with van der Waals surface area (Å²) in [5, 5.41) is 6.95. The summed E-state index contributed by atoms with van der Waals surface area (Å²) in [5.41, 5.74) is 0.266. The molecule has 0 saturated carbocycles. The number of hydrogen-bond acceptors (Lipinski definition) is 5. The number of alkyl halides is 3. The van der Waals surface area contributed by atoms with E-state index in [1.807, 2.05) is 0 Å². The molecular formula is C25H26F3N5O3. The minimum absolute atomic E-state index is 0.0518. The van der Waals surface area contributed by atoms with Crippen LogP contribution in [0.3, 0.4) is 0 Å². The first kappa shape index (κ1) is 25.2. The van der Waals surface area contributed by atoms with Crippen molar-refractivity contribution in [2.75, 3.05) is 11.9 Å². The Kier molecular flexibility index (Phi) is 6.50. The Morgan fingerprint density at radius 2 is 1.78 bits per heavy atom. The van der Waals surface area contributed by atoms with Gasteiger partial charge in [0.25, 0.3) is 5.91 Å². The number of benzene rings is 1. The van der Waals surface area contributed by atoms with Crippen molar-refractivity contribution in [1.82, 2.24) is 19.7 Å². The molecule has 8 nitrogen and oxygen atoms in total. The smallest absolute Gasteiger partial charge is 0.433 e. The normalized spacial score (nSPS) is 13.8. The molecule has 0 aliphatic carbocycles. The van der Waals surface area contributed by atoms with E-state index in [4.69, 9.17) is 4.74 Å². The number of amides is 2. The third-order valence-electron chi connectivity index (χ3n) is 5.61. The topological polar surface area (TPSA) is 89.4 Å². The molecule has 0 bridgehead atoms. The van der Waals surface area contributed by atoms with Crippen molar-refractivity contribution in [3.63, 3.8) is 0 Å². The molecule has 3 aromatic rings. The van der Waals surface area contributed by atoms with Crippen LogP contribution in [0, 0.1) is 6.92 Å². The molecular weight excluding hydrogens is 475 g/mol. The standard InChI is InChI=1S/C25H26F3N5O3/c1-15-9-11-29-13-18(15)22(34)30-16-5-7-17(8-6-16)33-21(25(26,27)28)19-14-32(12-10-20(19)31-33)23(35)36-24(2,3)4/h5-9,11,13H,10,12,14H2,1-4H3,(H,30,34). The van der Waals surface area contributed by atoms with E-state index in [2.05, 4.69) is 15.4 Å². The number of pyridine rings is 1. The number of ether oxygens (including phenoxy) is 1. The maximum absolute atomic E-state index is 14.2. The van der Waals surface area contributed by atoms with E-state index in [1.54, 1.807) is 40.0 Å². The van der Waals surface area contributed by atoms with Gasteiger partial charge in [-0.3, -0.25) is 9.78 Å². The summed E-state index contributed by atoms with van der Waals surface area (Å²) < 4.78 is 48.7. The lowest BCUT2D eigenvalue weighted by molar-refractivity contribution is -0.143. The van der Waals surface area contributed by atoms with Gasteiger partial charge in [-0.05, 0) is 63.6 Å². The summed E-state index contributed by atoms with van der Waals surface area (Å²) in [4.78, 5) is 30.2. The highest BCUT2D eigenvalue weighted by Crippen LogP contribution is 2.37. The van der Waals surface area contributed by atoms with Crippen molar-refractivity contribution in [2.24, 2.45) is 0 Å². The SMILES string of the molecule is Cc1ccncc1C(=O)Nc1ccc(-n2nc3c(c2C(F)(F)F)CN(C(=O)OC(C)(C)C)CC3)cc1. The van der Waals surface area contributed by atoms with Gasteiger partial charge in [-0.15, -0.1) is 0 Å². The van der Waals surface area contributed by atoms with Crippen molar-refractivity contribution >= 4 is 17.7 Å². The van der Waals surface area contributed by atoms with E-state index in [9.17, 15) is 22.8 Å². The molecule has 190 valence electrons. The fourth-order valence-electron chi connectivity index (χ4n) is 3.92. The quantitative estimate of drug-likeness (QED) is 0.537. The van der Waals surface area contributed by atoms with Crippen LogP contribution in [-0.2, 0) is 23.9 Å². The van der Waals surface area contributed by atoms with Gasteiger partial charge in [-0.2, -0.15) is 18.3 Å². The van der Waals surface area contributed by atoms with Gasteiger partial charge in [-0.25, -0.2) is 9.48 Å². The van der Waals surface area contributed by atoms with Gasteiger partial charge in [0, 0.05) is 36.6 Å². The lowest BCUT2D eigenvalue weighted by Crippen LogP contribution is -2.40. The summed E-state index contributed by atoms with van der Waals surface area (Å²) in [6, 6.07) is 7.62. The molecule has 1 N–H and O–H groups in total. The fourth-order valence-corrected chi connectivity index (χ4v) is 3.92. The van der Waals surface area contributed by atoms with Crippen LogP contribution in [0.25, 0.3) is 5.69 Å². The molecule has 2 aromatic heterocycles. The van der Waals surface area contributed by atoms with E-state index in [0.29, 0.717) is 11.3 Å². The number of carbonyl (C=O) groups is 2. The number of carbonyl (C=O) groups excluding carboxylic acids is 2. The summed E-state index contributed by atoms with van der Waals surface area (Å²) in [6.07, 6.45) is -2.18. The molecule has 0 radical (unpaired) electrons. The van der Waals surface area contributed by atoms with Gasteiger partial charge in [-0.1, -0.05) is 0 Å². The molecule has 0 saturated heterocycles. The second-order valence-electron chi connectivity index (χ2n) is 9.53. The van der Waals surface area contributed by atoms with E-state index >= 15 is 0 Å². The number of nitrogens with one attached hydrogen (secondary N) is 1. The molecule has 1 aromatic carbocycles. The Labute approximate surface area is 206 Å². The average Bonchev–Trinajstić information content (AvgIpc) is 3.18. The van der Waals surface area contributed by atoms with Crippen molar-refractivity contribution in [3.8, 4) is 5.69 Å². The lowest BCUT2D eigenvalue weighted by atomic mass is 10.1. The molecule has 11 heteroatoms. The number of hydrogen-bond donors (Lipinski definition) is 1. The number of rotatable bonds is 3. The zero-order valence-corrected chi connectivity index (χ0v) is 20.3. The summed E-state index contributed by atoms with van der Waals surface area (Å²) in [5.74, 6) is -0.374. The largest absolute Gasteiger partial charge is 0.444 e. The third kappa shape index (κ3) is 5.34. The van der Waals surface area contributed by atoms with E-state index in [-0.39, 0.29) is 42.4 Å². The minimum Gasteiger partial charge on any atom is -0.444 e. The first-order chi connectivity index (χ1) is 16.8. The number of aromatic nitrogens is 3. The predicted octanol–water partition coefficient (Wildman–Crippen LogP) is 5.14. The number of nitrogens with zero attached hydrogens (tertiary/aromatic N) is 4. The van der Waals surface area contributed by atoms with E-state index in [0.717, 1.165) is 10.2 Å². The van der Waals surface area contributed by atoms with Gasteiger partial charge < -0.3 is 15.0 Å². The first-order valence-electron chi connectivity index (χ1n) is 11.3. The summed E-state index contributed by atoms with van der Waals surface area (Å²) in [7, 11) is 0. The molecule has 3 heterocycles. The average molecular weight is 502 g/mol. The second kappa shape index (κ2) is 9.29. The molecule has 0 atom stereocenters. The first-order valence-corrected chi connectivity index (χ1v) is 11.3.